The van der Waals surface area contributed by atoms with Gasteiger partial charge in [-0.1, -0.05) is 26.3 Å². The summed E-state index contributed by atoms with van der Waals surface area (Å²) in [5, 5.41) is 10.7. The van der Waals surface area contributed by atoms with Crippen LogP contribution in [0.15, 0.2) is 18.2 Å². The summed E-state index contributed by atoms with van der Waals surface area (Å²) >= 11 is 0. The molecule has 100 valence electrons. The van der Waals surface area contributed by atoms with Crippen molar-refractivity contribution in [2.24, 2.45) is 5.92 Å². The first-order valence-electron chi connectivity index (χ1n) is 6.15. The van der Waals surface area contributed by atoms with Crippen LogP contribution < -0.4 is 5.73 Å². The zero-order chi connectivity index (χ0) is 13.7. The van der Waals surface area contributed by atoms with Gasteiger partial charge in [0.1, 0.15) is 5.69 Å². The van der Waals surface area contributed by atoms with Gasteiger partial charge in [0.15, 0.2) is 0 Å². The molecule has 18 heavy (non-hydrogen) atoms. The normalized spacial score (nSPS) is 12.7. The second-order valence-corrected chi connectivity index (χ2v) is 4.86. The number of nitro benzene ring substituents is 1. The van der Waals surface area contributed by atoms with Gasteiger partial charge in [-0.15, -0.1) is 0 Å². The van der Waals surface area contributed by atoms with E-state index in [2.05, 4.69) is 18.7 Å². The van der Waals surface area contributed by atoms with E-state index in [0.717, 1.165) is 25.1 Å². The third-order valence-electron chi connectivity index (χ3n) is 3.06. The van der Waals surface area contributed by atoms with Crippen LogP contribution in [-0.4, -0.2) is 23.4 Å². The molecule has 0 saturated carbocycles. The Bertz CT molecular complexity index is 421. The van der Waals surface area contributed by atoms with Gasteiger partial charge >= 0.3 is 0 Å². The van der Waals surface area contributed by atoms with Crippen molar-refractivity contribution in [2.45, 2.75) is 26.8 Å². The first-order chi connectivity index (χ1) is 8.43. The van der Waals surface area contributed by atoms with Crippen molar-refractivity contribution < 1.29 is 4.92 Å². The molecular weight excluding hydrogens is 230 g/mol. The molecule has 1 unspecified atom stereocenters. The molecule has 0 aliphatic heterocycles. The predicted molar refractivity (Wildman–Crippen MR) is 73.3 cm³/mol. The molecule has 5 heteroatoms. The van der Waals surface area contributed by atoms with E-state index in [0.29, 0.717) is 5.92 Å². The van der Waals surface area contributed by atoms with Crippen LogP contribution in [0.3, 0.4) is 0 Å². The largest absolute Gasteiger partial charge is 0.393 e. The van der Waals surface area contributed by atoms with Crippen LogP contribution in [-0.2, 0) is 6.54 Å². The molecule has 2 N–H and O–H groups in total. The molecule has 1 aromatic carbocycles. The Hall–Kier alpha value is -1.62. The average Bonchev–Trinajstić information content (AvgIpc) is 2.28. The minimum Gasteiger partial charge on any atom is -0.393 e. The number of nitrogen functional groups attached to an aromatic ring is 1. The molecule has 0 aromatic heterocycles. The fourth-order valence-electron chi connectivity index (χ4n) is 1.91. The lowest BCUT2D eigenvalue weighted by Gasteiger charge is -2.20. The molecule has 1 rings (SSSR count). The number of hydrogen-bond acceptors (Lipinski definition) is 4. The van der Waals surface area contributed by atoms with Crippen molar-refractivity contribution in [1.29, 1.82) is 0 Å². The summed E-state index contributed by atoms with van der Waals surface area (Å²) < 4.78 is 0. The van der Waals surface area contributed by atoms with E-state index < -0.39 is 4.92 Å². The van der Waals surface area contributed by atoms with Gasteiger partial charge in [0, 0.05) is 19.2 Å². The summed E-state index contributed by atoms with van der Waals surface area (Å²) in [4.78, 5) is 12.4. The Morgan fingerprint density at radius 3 is 2.67 bits per heavy atom. The topological polar surface area (TPSA) is 72.4 Å². The molecule has 0 spiro atoms. The number of nitro groups is 1. The summed E-state index contributed by atoms with van der Waals surface area (Å²) in [5.74, 6) is 0.644. The van der Waals surface area contributed by atoms with Gasteiger partial charge < -0.3 is 10.6 Å². The predicted octanol–water partition coefficient (Wildman–Crippen LogP) is 2.65. The monoisotopic (exact) mass is 251 g/mol. The zero-order valence-corrected chi connectivity index (χ0v) is 11.2. The molecule has 0 fully saturated rings. The summed E-state index contributed by atoms with van der Waals surface area (Å²) in [6.45, 7) is 6.14. The van der Waals surface area contributed by atoms with Crippen molar-refractivity contribution in [2.75, 3.05) is 19.3 Å². The highest BCUT2D eigenvalue weighted by molar-refractivity contribution is 5.59. The standard InChI is InChI=1S/C13H21N3O2/c1-4-10(2)8-15(3)9-11-5-6-13(16(17)18)12(14)7-11/h5-7,10H,4,8-9,14H2,1-3H3. The zero-order valence-electron chi connectivity index (χ0n) is 11.2. The van der Waals surface area contributed by atoms with Gasteiger partial charge in [-0.3, -0.25) is 10.1 Å². The van der Waals surface area contributed by atoms with E-state index >= 15 is 0 Å². The minimum atomic E-state index is -0.456. The van der Waals surface area contributed by atoms with E-state index in [1.807, 2.05) is 7.05 Å². The molecule has 1 atom stereocenters. The van der Waals surface area contributed by atoms with Gasteiger partial charge in [-0.25, -0.2) is 0 Å². The van der Waals surface area contributed by atoms with Crippen molar-refractivity contribution >= 4 is 11.4 Å². The number of rotatable bonds is 6. The first kappa shape index (κ1) is 14.4. The maximum absolute atomic E-state index is 10.7. The number of benzene rings is 1. The molecule has 0 aliphatic rings. The van der Waals surface area contributed by atoms with Gasteiger partial charge in [0.25, 0.3) is 5.69 Å². The highest BCUT2D eigenvalue weighted by atomic mass is 16.6. The van der Waals surface area contributed by atoms with Crippen LogP contribution in [0.1, 0.15) is 25.8 Å². The fourth-order valence-corrected chi connectivity index (χ4v) is 1.91. The Kier molecular flexibility index (Phi) is 5.09. The van der Waals surface area contributed by atoms with Crippen molar-refractivity contribution in [1.82, 2.24) is 4.90 Å². The third-order valence-corrected chi connectivity index (χ3v) is 3.06. The van der Waals surface area contributed by atoms with Crippen molar-refractivity contribution in [3.63, 3.8) is 0 Å². The van der Waals surface area contributed by atoms with E-state index in [1.54, 1.807) is 12.1 Å². The SMILES string of the molecule is CCC(C)CN(C)Cc1ccc([N+](=O)[O-])c(N)c1. The summed E-state index contributed by atoms with van der Waals surface area (Å²) in [5.41, 5.74) is 6.88. The smallest absolute Gasteiger partial charge is 0.292 e. The molecule has 0 radical (unpaired) electrons. The lowest BCUT2D eigenvalue weighted by molar-refractivity contribution is -0.383. The van der Waals surface area contributed by atoms with Crippen LogP contribution in [0.4, 0.5) is 11.4 Å². The Balaban J connectivity index is 2.68. The van der Waals surface area contributed by atoms with Crippen molar-refractivity contribution in [3.05, 3.63) is 33.9 Å². The number of nitrogens with two attached hydrogens (primary N) is 1. The minimum absolute atomic E-state index is 0.0247. The molecule has 0 heterocycles. The van der Waals surface area contributed by atoms with E-state index in [9.17, 15) is 10.1 Å². The van der Waals surface area contributed by atoms with Gasteiger partial charge in [0.2, 0.25) is 0 Å². The fraction of sp³-hybridized carbons (Fsp3) is 0.538. The van der Waals surface area contributed by atoms with Gasteiger partial charge in [-0.05, 0) is 24.6 Å². The van der Waals surface area contributed by atoms with E-state index in [4.69, 9.17) is 5.73 Å². The van der Waals surface area contributed by atoms with E-state index in [1.165, 1.54) is 6.07 Å². The van der Waals surface area contributed by atoms with E-state index in [-0.39, 0.29) is 11.4 Å². The van der Waals surface area contributed by atoms with Crippen LogP contribution in [0.2, 0.25) is 0 Å². The highest BCUT2D eigenvalue weighted by Gasteiger charge is 2.12. The quantitative estimate of drug-likeness (QED) is 0.479. The van der Waals surface area contributed by atoms with Gasteiger partial charge in [0.05, 0.1) is 4.92 Å². The van der Waals surface area contributed by atoms with Crippen LogP contribution >= 0.6 is 0 Å². The number of anilines is 1. The Morgan fingerprint density at radius 1 is 1.50 bits per heavy atom. The van der Waals surface area contributed by atoms with Gasteiger partial charge in [-0.2, -0.15) is 0 Å². The molecule has 0 aliphatic carbocycles. The number of nitrogens with zero attached hydrogens (tertiary/aromatic N) is 2. The number of hydrogen-bond donors (Lipinski definition) is 1. The molecule has 0 bridgehead atoms. The maximum atomic E-state index is 10.7. The second-order valence-electron chi connectivity index (χ2n) is 4.86. The molecule has 0 amide bonds. The second kappa shape index (κ2) is 6.35. The maximum Gasteiger partial charge on any atom is 0.292 e. The Morgan fingerprint density at radius 2 is 2.17 bits per heavy atom. The average molecular weight is 251 g/mol. The van der Waals surface area contributed by atoms with Crippen molar-refractivity contribution in [3.8, 4) is 0 Å². The highest BCUT2D eigenvalue weighted by Crippen LogP contribution is 2.22. The van der Waals surface area contributed by atoms with Crippen LogP contribution in [0.25, 0.3) is 0 Å². The summed E-state index contributed by atoms with van der Waals surface area (Å²) in [7, 11) is 2.05. The first-order valence-corrected chi connectivity index (χ1v) is 6.15. The van der Waals surface area contributed by atoms with Crippen LogP contribution in [0.5, 0.6) is 0 Å². The molecule has 5 nitrogen and oxygen atoms in total. The molecular formula is C13H21N3O2. The third kappa shape index (κ3) is 4.00. The lowest BCUT2D eigenvalue weighted by atomic mass is 10.1. The molecule has 1 aromatic rings. The lowest BCUT2D eigenvalue weighted by Crippen LogP contribution is -2.23. The summed E-state index contributed by atoms with van der Waals surface area (Å²) in [6, 6.07) is 4.93. The summed E-state index contributed by atoms with van der Waals surface area (Å²) in [6.07, 6.45) is 1.15. The molecule has 0 saturated heterocycles. The van der Waals surface area contributed by atoms with Crippen LogP contribution in [0, 0.1) is 16.0 Å². The Labute approximate surface area is 108 Å².